The van der Waals surface area contributed by atoms with Crippen LogP contribution in [-0.2, 0) is 4.74 Å². The van der Waals surface area contributed by atoms with Crippen LogP contribution in [0.3, 0.4) is 0 Å². The van der Waals surface area contributed by atoms with Crippen LogP contribution in [0, 0.1) is 0 Å². The van der Waals surface area contributed by atoms with E-state index >= 15 is 0 Å². The molecular weight excluding hydrogens is 114 g/mol. The summed E-state index contributed by atoms with van der Waals surface area (Å²) in [6, 6.07) is 0. The average Bonchev–Trinajstić information content (AvgIpc) is 1.63. The van der Waals surface area contributed by atoms with Gasteiger partial charge < -0.3 is 10.1 Å². The predicted octanol–water partition coefficient (Wildman–Crippen LogP) is 1.02. The molecule has 0 unspecified atom stereocenters. The lowest BCUT2D eigenvalue weighted by Crippen LogP contribution is -2.25. The molecule has 0 aliphatic carbocycles. The Morgan fingerprint density at radius 1 is 1.33 bits per heavy atom. The molecule has 0 radical (unpaired) electrons. The molecule has 2 heteroatoms. The average molecular weight is 131 g/mol. The van der Waals surface area contributed by atoms with Gasteiger partial charge in [0.2, 0.25) is 0 Å². The van der Waals surface area contributed by atoms with Crippen LogP contribution in [0.4, 0.5) is 0 Å². The first-order valence-electron chi connectivity index (χ1n) is 3.47. The van der Waals surface area contributed by atoms with E-state index in [0.29, 0.717) is 12.2 Å². The zero-order chi connectivity index (χ0) is 7.28. The highest BCUT2D eigenvalue weighted by molar-refractivity contribution is 4.52. The summed E-state index contributed by atoms with van der Waals surface area (Å²) in [4.78, 5) is 0. The van der Waals surface area contributed by atoms with E-state index in [1.54, 1.807) is 0 Å². The molecule has 1 atom stereocenters. The number of hydrogen-bond acceptors (Lipinski definition) is 2. The van der Waals surface area contributed by atoms with Crippen LogP contribution < -0.4 is 5.32 Å². The fraction of sp³-hybridized carbons (Fsp3) is 1.00. The maximum Gasteiger partial charge on any atom is 0.0674 e. The van der Waals surface area contributed by atoms with Crippen molar-refractivity contribution < 1.29 is 4.74 Å². The molecule has 56 valence electrons. The monoisotopic (exact) mass is 131 g/mol. The summed E-state index contributed by atoms with van der Waals surface area (Å²) in [7, 11) is 1.93. The lowest BCUT2D eigenvalue weighted by molar-refractivity contribution is 0.0206. The Hall–Kier alpha value is -0.0800. The predicted molar refractivity (Wildman–Crippen MR) is 39.6 cm³/mol. The highest BCUT2D eigenvalue weighted by atomic mass is 16.5. The zero-order valence-electron chi connectivity index (χ0n) is 6.77. The second kappa shape index (κ2) is 4.77. The first-order valence-corrected chi connectivity index (χ1v) is 3.47. The third kappa shape index (κ3) is 5.80. The van der Waals surface area contributed by atoms with E-state index in [-0.39, 0.29) is 0 Å². The van der Waals surface area contributed by atoms with Crippen molar-refractivity contribution in [3.8, 4) is 0 Å². The summed E-state index contributed by atoms with van der Waals surface area (Å²) < 4.78 is 5.43. The Morgan fingerprint density at radius 2 is 1.89 bits per heavy atom. The molecule has 0 heterocycles. The van der Waals surface area contributed by atoms with E-state index in [1.807, 2.05) is 20.9 Å². The fourth-order valence-electron chi connectivity index (χ4n) is 0.800. The number of nitrogens with one attached hydrogen (secondary N) is 1. The zero-order valence-corrected chi connectivity index (χ0v) is 6.77. The summed E-state index contributed by atoms with van der Waals surface area (Å²) in [6.07, 6.45) is 0.670. The third-order valence-electron chi connectivity index (χ3n) is 0.996. The van der Waals surface area contributed by atoms with Crippen molar-refractivity contribution in [3.63, 3.8) is 0 Å². The van der Waals surface area contributed by atoms with Crippen molar-refractivity contribution in [3.05, 3.63) is 0 Å². The van der Waals surface area contributed by atoms with Crippen LogP contribution in [0.15, 0.2) is 0 Å². The van der Waals surface area contributed by atoms with Crippen molar-refractivity contribution in [2.45, 2.75) is 33.0 Å². The molecule has 0 fully saturated rings. The van der Waals surface area contributed by atoms with E-state index in [0.717, 1.165) is 6.54 Å². The molecule has 0 aliphatic heterocycles. The van der Waals surface area contributed by atoms with Gasteiger partial charge in [0, 0.05) is 6.54 Å². The van der Waals surface area contributed by atoms with Gasteiger partial charge in [-0.25, -0.2) is 0 Å². The van der Waals surface area contributed by atoms with E-state index in [2.05, 4.69) is 12.2 Å². The van der Waals surface area contributed by atoms with Crippen molar-refractivity contribution in [1.82, 2.24) is 5.32 Å². The van der Waals surface area contributed by atoms with Gasteiger partial charge in [-0.3, -0.25) is 0 Å². The van der Waals surface area contributed by atoms with Crippen LogP contribution in [0.1, 0.15) is 20.8 Å². The number of likely N-dealkylation sites (N-methyl/N-ethyl adjacent to an activating group) is 1. The van der Waals surface area contributed by atoms with Gasteiger partial charge in [0.15, 0.2) is 0 Å². The molecule has 1 N–H and O–H groups in total. The van der Waals surface area contributed by atoms with Gasteiger partial charge in [0.25, 0.3) is 0 Å². The fourth-order valence-corrected chi connectivity index (χ4v) is 0.800. The van der Waals surface area contributed by atoms with Gasteiger partial charge in [-0.1, -0.05) is 0 Å². The van der Waals surface area contributed by atoms with Gasteiger partial charge in [-0.05, 0) is 27.8 Å². The van der Waals surface area contributed by atoms with E-state index < -0.39 is 0 Å². The van der Waals surface area contributed by atoms with Gasteiger partial charge in [0.05, 0.1) is 12.2 Å². The Morgan fingerprint density at radius 3 is 2.22 bits per heavy atom. The Kier molecular flexibility index (Phi) is 4.72. The van der Waals surface area contributed by atoms with Crippen LogP contribution in [0.25, 0.3) is 0 Å². The van der Waals surface area contributed by atoms with E-state index in [4.69, 9.17) is 4.74 Å². The quantitative estimate of drug-likeness (QED) is 0.615. The van der Waals surface area contributed by atoms with Gasteiger partial charge >= 0.3 is 0 Å². The Labute approximate surface area is 57.6 Å². The first kappa shape index (κ1) is 8.92. The molecule has 2 nitrogen and oxygen atoms in total. The van der Waals surface area contributed by atoms with Crippen molar-refractivity contribution in [1.29, 1.82) is 0 Å². The lowest BCUT2D eigenvalue weighted by atomic mass is 10.4. The molecule has 0 aliphatic rings. The molecular formula is C7H17NO. The van der Waals surface area contributed by atoms with Crippen LogP contribution in [0.2, 0.25) is 0 Å². The van der Waals surface area contributed by atoms with Crippen molar-refractivity contribution >= 4 is 0 Å². The van der Waals surface area contributed by atoms with Crippen molar-refractivity contribution in [2.75, 3.05) is 13.6 Å². The van der Waals surface area contributed by atoms with E-state index in [9.17, 15) is 0 Å². The summed E-state index contributed by atoms with van der Waals surface area (Å²) >= 11 is 0. The SMILES string of the molecule is CNC[C@@H](C)OC(C)C. The Bertz CT molecular complexity index is 63.9. The topological polar surface area (TPSA) is 21.3 Å². The largest absolute Gasteiger partial charge is 0.375 e. The Balaban J connectivity index is 3.15. The number of ether oxygens (including phenoxy) is 1. The molecule has 0 saturated carbocycles. The standard InChI is InChI=1S/C7H17NO/c1-6(2)9-7(3)5-8-4/h6-8H,5H2,1-4H3/t7-/m1/s1. The maximum absolute atomic E-state index is 5.43. The number of rotatable bonds is 4. The highest BCUT2D eigenvalue weighted by Crippen LogP contribution is 1.94. The lowest BCUT2D eigenvalue weighted by Gasteiger charge is -2.14. The minimum Gasteiger partial charge on any atom is -0.375 e. The second-order valence-corrected chi connectivity index (χ2v) is 2.55. The van der Waals surface area contributed by atoms with Crippen LogP contribution in [-0.4, -0.2) is 25.8 Å². The molecule has 0 aromatic carbocycles. The molecule has 9 heavy (non-hydrogen) atoms. The third-order valence-corrected chi connectivity index (χ3v) is 0.996. The molecule has 0 aromatic heterocycles. The maximum atomic E-state index is 5.43. The molecule has 0 spiro atoms. The van der Waals surface area contributed by atoms with Crippen LogP contribution >= 0.6 is 0 Å². The van der Waals surface area contributed by atoms with Gasteiger partial charge in [0.1, 0.15) is 0 Å². The second-order valence-electron chi connectivity index (χ2n) is 2.55. The molecule has 0 aromatic rings. The molecule has 0 saturated heterocycles. The van der Waals surface area contributed by atoms with Gasteiger partial charge in [-0.15, -0.1) is 0 Å². The van der Waals surface area contributed by atoms with E-state index in [1.165, 1.54) is 0 Å². The normalized spacial score (nSPS) is 14.3. The number of hydrogen-bond donors (Lipinski definition) is 1. The van der Waals surface area contributed by atoms with Crippen LogP contribution in [0.5, 0.6) is 0 Å². The first-order chi connectivity index (χ1) is 4.16. The highest BCUT2D eigenvalue weighted by Gasteiger charge is 2.01. The summed E-state index contributed by atoms with van der Waals surface area (Å²) in [5.74, 6) is 0. The molecule has 0 amide bonds. The molecule has 0 bridgehead atoms. The smallest absolute Gasteiger partial charge is 0.0674 e. The summed E-state index contributed by atoms with van der Waals surface area (Å²) in [5.41, 5.74) is 0. The van der Waals surface area contributed by atoms with Crippen molar-refractivity contribution in [2.24, 2.45) is 0 Å². The minimum absolute atomic E-state index is 0.329. The molecule has 0 rings (SSSR count). The minimum atomic E-state index is 0.329. The summed E-state index contributed by atoms with van der Waals surface area (Å²) in [5, 5.41) is 3.05. The summed E-state index contributed by atoms with van der Waals surface area (Å²) in [6.45, 7) is 7.09. The van der Waals surface area contributed by atoms with Gasteiger partial charge in [-0.2, -0.15) is 0 Å².